The molecule has 0 atom stereocenters. The number of carbonyl (C=O) groups is 2. The van der Waals surface area contributed by atoms with Gasteiger partial charge in [0.25, 0.3) is 0 Å². The monoisotopic (exact) mass is 228 g/mol. The van der Waals surface area contributed by atoms with Gasteiger partial charge in [-0.05, 0) is 24.3 Å². The van der Waals surface area contributed by atoms with Crippen LogP contribution in [0.3, 0.4) is 0 Å². The van der Waals surface area contributed by atoms with E-state index in [0.29, 0.717) is 6.08 Å². The molecule has 78 valence electrons. The third-order valence-electron chi connectivity index (χ3n) is 1.57. The number of aliphatic carboxylic acids is 1. The third kappa shape index (κ3) is 3.18. The van der Waals surface area contributed by atoms with Crippen molar-refractivity contribution >= 4 is 23.4 Å². The molecule has 0 fully saturated rings. The second-order valence-electron chi connectivity index (χ2n) is 2.66. The molecule has 0 saturated heterocycles. The number of carboxylic acid groups (broad SMARTS) is 1. The van der Waals surface area contributed by atoms with Crippen molar-refractivity contribution in [2.45, 2.75) is 0 Å². The van der Waals surface area contributed by atoms with E-state index >= 15 is 0 Å². The zero-order valence-electron chi connectivity index (χ0n) is 7.41. The molecule has 0 aliphatic rings. The van der Waals surface area contributed by atoms with Crippen molar-refractivity contribution in [3.63, 3.8) is 0 Å². The van der Waals surface area contributed by atoms with Gasteiger partial charge < -0.3 is 5.11 Å². The number of rotatable bonds is 3. The Bertz CT molecular complexity index is 440. The summed E-state index contributed by atoms with van der Waals surface area (Å²) in [6, 6.07) is 3.49. The predicted molar refractivity (Wildman–Crippen MR) is 52.5 cm³/mol. The predicted octanol–water partition coefficient (Wildman–Crippen LogP) is 2.30. The zero-order chi connectivity index (χ0) is 11.4. The molecular formula is C10H6ClFO3. The molecule has 0 heterocycles. The lowest BCUT2D eigenvalue weighted by Gasteiger charge is -1.98. The van der Waals surface area contributed by atoms with Crippen molar-refractivity contribution in [1.29, 1.82) is 0 Å². The third-order valence-corrected chi connectivity index (χ3v) is 1.81. The Morgan fingerprint density at radius 1 is 1.33 bits per heavy atom. The van der Waals surface area contributed by atoms with Gasteiger partial charge in [0.1, 0.15) is 5.82 Å². The molecule has 1 N–H and O–H groups in total. The van der Waals surface area contributed by atoms with Crippen LogP contribution < -0.4 is 0 Å². The molecule has 15 heavy (non-hydrogen) atoms. The van der Waals surface area contributed by atoms with Gasteiger partial charge in [0.05, 0.1) is 5.56 Å². The average molecular weight is 229 g/mol. The van der Waals surface area contributed by atoms with E-state index in [1.54, 1.807) is 0 Å². The highest BCUT2D eigenvalue weighted by atomic mass is 35.5. The number of carboxylic acids is 1. The topological polar surface area (TPSA) is 54.4 Å². The van der Waals surface area contributed by atoms with E-state index in [4.69, 9.17) is 16.7 Å². The summed E-state index contributed by atoms with van der Waals surface area (Å²) in [6.07, 6.45) is 1.42. The Hall–Kier alpha value is -1.68. The maximum Gasteiger partial charge on any atom is 0.328 e. The first-order valence-corrected chi connectivity index (χ1v) is 4.29. The molecule has 1 rings (SSSR count). The number of hydrogen-bond donors (Lipinski definition) is 1. The van der Waals surface area contributed by atoms with Crippen LogP contribution in [0.5, 0.6) is 0 Å². The van der Waals surface area contributed by atoms with Crippen LogP contribution in [0.2, 0.25) is 5.02 Å². The van der Waals surface area contributed by atoms with Crippen molar-refractivity contribution in [1.82, 2.24) is 0 Å². The zero-order valence-corrected chi connectivity index (χ0v) is 8.16. The maximum atomic E-state index is 13.1. The minimum absolute atomic E-state index is 0.212. The highest BCUT2D eigenvalue weighted by molar-refractivity contribution is 6.31. The smallest absolute Gasteiger partial charge is 0.328 e. The highest BCUT2D eigenvalue weighted by Crippen LogP contribution is 2.15. The standard InChI is InChI=1S/C10H6ClFO3/c11-6-1-2-8(12)7(5-6)9(13)3-4-10(14)15/h1-5H,(H,14,15). The molecule has 0 unspecified atom stereocenters. The minimum atomic E-state index is -1.27. The van der Waals surface area contributed by atoms with E-state index in [9.17, 15) is 14.0 Å². The average Bonchev–Trinajstić information content (AvgIpc) is 2.18. The van der Waals surface area contributed by atoms with Gasteiger partial charge >= 0.3 is 5.97 Å². The molecule has 1 aromatic carbocycles. The molecule has 0 saturated carbocycles. The quantitative estimate of drug-likeness (QED) is 0.638. The summed E-state index contributed by atoms with van der Waals surface area (Å²) in [5, 5.41) is 8.49. The Morgan fingerprint density at radius 2 is 2.00 bits per heavy atom. The fourth-order valence-electron chi connectivity index (χ4n) is 0.923. The lowest BCUT2D eigenvalue weighted by Crippen LogP contribution is -2.00. The normalized spacial score (nSPS) is 10.5. The van der Waals surface area contributed by atoms with Crippen LogP contribution in [0.15, 0.2) is 30.4 Å². The van der Waals surface area contributed by atoms with E-state index in [2.05, 4.69) is 0 Å². The maximum absolute atomic E-state index is 13.1. The van der Waals surface area contributed by atoms with Gasteiger partial charge in [-0.3, -0.25) is 4.79 Å². The van der Waals surface area contributed by atoms with E-state index in [1.807, 2.05) is 0 Å². The summed E-state index contributed by atoms with van der Waals surface area (Å²) in [5.41, 5.74) is -0.250. The van der Waals surface area contributed by atoms with Gasteiger partial charge in [0.2, 0.25) is 0 Å². The lowest BCUT2D eigenvalue weighted by atomic mass is 10.1. The molecule has 0 aliphatic heterocycles. The summed E-state index contributed by atoms with van der Waals surface area (Å²) in [7, 11) is 0. The van der Waals surface area contributed by atoms with Crippen molar-refractivity contribution in [2.24, 2.45) is 0 Å². The Balaban J connectivity index is 3.01. The molecule has 0 radical (unpaired) electrons. The SMILES string of the molecule is O=C(O)C=CC(=O)c1cc(Cl)ccc1F. The van der Waals surface area contributed by atoms with Crippen LogP contribution in [0.4, 0.5) is 4.39 Å². The van der Waals surface area contributed by atoms with Gasteiger partial charge in [0.15, 0.2) is 5.78 Å². The Morgan fingerprint density at radius 3 is 2.60 bits per heavy atom. The summed E-state index contributed by atoms with van der Waals surface area (Å²) in [5.74, 6) is -2.75. The van der Waals surface area contributed by atoms with Gasteiger partial charge in [-0.25, -0.2) is 9.18 Å². The number of hydrogen-bond acceptors (Lipinski definition) is 2. The first-order valence-electron chi connectivity index (χ1n) is 3.91. The molecule has 3 nitrogen and oxygen atoms in total. The highest BCUT2D eigenvalue weighted by Gasteiger charge is 2.09. The summed E-state index contributed by atoms with van der Waals surface area (Å²) in [4.78, 5) is 21.4. The number of benzene rings is 1. The number of halogens is 2. The number of allylic oxidation sites excluding steroid dienone is 1. The van der Waals surface area contributed by atoms with E-state index in [0.717, 1.165) is 18.2 Å². The molecule has 5 heteroatoms. The fraction of sp³-hybridized carbons (Fsp3) is 0. The lowest BCUT2D eigenvalue weighted by molar-refractivity contribution is -0.131. The van der Waals surface area contributed by atoms with E-state index in [1.165, 1.54) is 6.07 Å². The molecule has 0 bridgehead atoms. The van der Waals surface area contributed by atoms with Crippen LogP contribution in [-0.2, 0) is 4.79 Å². The van der Waals surface area contributed by atoms with E-state index in [-0.39, 0.29) is 10.6 Å². The Kier molecular flexibility index (Phi) is 3.57. The number of ketones is 1. The van der Waals surface area contributed by atoms with Crippen LogP contribution >= 0.6 is 11.6 Å². The minimum Gasteiger partial charge on any atom is -0.478 e. The van der Waals surface area contributed by atoms with Crippen LogP contribution in [0.25, 0.3) is 0 Å². The fourth-order valence-corrected chi connectivity index (χ4v) is 1.10. The summed E-state index contributed by atoms with van der Waals surface area (Å²) >= 11 is 5.56. The summed E-state index contributed by atoms with van der Waals surface area (Å²) in [6.45, 7) is 0. The van der Waals surface area contributed by atoms with E-state index < -0.39 is 17.6 Å². The Labute approximate surface area is 89.8 Å². The molecule has 0 aliphatic carbocycles. The van der Waals surface area contributed by atoms with Crippen LogP contribution in [-0.4, -0.2) is 16.9 Å². The first-order chi connectivity index (χ1) is 7.00. The second-order valence-corrected chi connectivity index (χ2v) is 3.10. The van der Waals surface area contributed by atoms with Crippen molar-refractivity contribution in [2.75, 3.05) is 0 Å². The molecule has 0 spiro atoms. The van der Waals surface area contributed by atoms with Gasteiger partial charge in [-0.2, -0.15) is 0 Å². The van der Waals surface area contributed by atoms with Crippen LogP contribution in [0.1, 0.15) is 10.4 Å². The molecule has 1 aromatic rings. The molecular weight excluding hydrogens is 223 g/mol. The van der Waals surface area contributed by atoms with Crippen LogP contribution in [0, 0.1) is 5.82 Å². The van der Waals surface area contributed by atoms with Crippen molar-refractivity contribution in [3.8, 4) is 0 Å². The summed E-state index contributed by atoms with van der Waals surface area (Å²) < 4.78 is 13.1. The first kappa shape index (κ1) is 11.4. The largest absolute Gasteiger partial charge is 0.478 e. The molecule has 0 amide bonds. The molecule has 0 aromatic heterocycles. The van der Waals surface area contributed by atoms with Gasteiger partial charge in [-0.1, -0.05) is 11.6 Å². The van der Waals surface area contributed by atoms with Gasteiger partial charge in [0, 0.05) is 11.1 Å². The van der Waals surface area contributed by atoms with Gasteiger partial charge in [-0.15, -0.1) is 0 Å². The van der Waals surface area contributed by atoms with Crippen molar-refractivity contribution in [3.05, 3.63) is 46.8 Å². The second kappa shape index (κ2) is 4.70. The van der Waals surface area contributed by atoms with Crippen molar-refractivity contribution < 1.29 is 19.1 Å². The number of carbonyl (C=O) groups excluding carboxylic acids is 1.